The molecule has 0 amide bonds. The van der Waals surface area contributed by atoms with Gasteiger partial charge in [0.05, 0.1) is 0 Å². The van der Waals surface area contributed by atoms with Crippen LogP contribution >= 0.6 is 0 Å². The molecule has 0 bridgehead atoms. The van der Waals surface area contributed by atoms with Gasteiger partial charge in [0.1, 0.15) is 11.4 Å². The molecule has 0 aromatic heterocycles. The van der Waals surface area contributed by atoms with Crippen LogP contribution < -0.4 is 4.74 Å². The van der Waals surface area contributed by atoms with Gasteiger partial charge in [0.25, 0.3) is 0 Å². The second kappa shape index (κ2) is 3.01. The van der Waals surface area contributed by atoms with Crippen LogP contribution in [-0.2, 0) is 6.42 Å². The highest BCUT2D eigenvalue weighted by Crippen LogP contribution is 2.45. The highest BCUT2D eigenvalue weighted by atomic mass is 16.5. The molecule has 0 radical (unpaired) electrons. The molecular formula is C14H20O. The van der Waals surface area contributed by atoms with E-state index < -0.39 is 0 Å². The van der Waals surface area contributed by atoms with Crippen molar-refractivity contribution < 1.29 is 4.74 Å². The number of ether oxygens (including phenoxy) is 1. The van der Waals surface area contributed by atoms with Gasteiger partial charge in [-0.1, -0.05) is 32.0 Å². The Hall–Kier alpha value is -0.980. The van der Waals surface area contributed by atoms with Gasteiger partial charge in [-0.15, -0.1) is 0 Å². The van der Waals surface area contributed by atoms with Crippen molar-refractivity contribution in [2.24, 2.45) is 5.41 Å². The third-order valence-electron chi connectivity index (χ3n) is 3.91. The maximum Gasteiger partial charge on any atom is 0.126 e. The van der Waals surface area contributed by atoms with Gasteiger partial charge in [0, 0.05) is 5.41 Å². The molecule has 0 aliphatic carbocycles. The summed E-state index contributed by atoms with van der Waals surface area (Å²) in [7, 11) is 0. The zero-order valence-corrected chi connectivity index (χ0v) is 10.3. The van der Waals surface area contributed by atoms with E-state index >= 15 is 0 Å². The van der Waals surface area contributed by atoms with Gasteiger partial charge in [-0.05, 0) is 38.3 Å². The number of rotatable bonds is 0. The van der Waals surface area contributed by atoms with Crippen LogP contribution in [0.5, 0.6) is 5.75 Å². The van der Waals surface area contributed by atoms with Crippen molar-refractivity contribution in [2.75, 3.05) is 0 Å². The summed E-state index contributed by atoms with van der Waals surface area (Å²) >= 11 is 0. The molecule has 0 saturated carbocycles. The number of para-hydroxylation sites is 1. The molecule has 1 aliphatic rings. The van der Waals surface area contributed by atoms with Crippen molar-refractivity contribution >= 4 is 0 Å². The molecule has 0 unspecified atom stereocenters. The molecule has 1 aromatic carbocycles. The predicted octanol–water partition coefficient (Wildman–Crippen LogP) is 3.73. The summed E-state index contributed by atoms with van der Waals surface area (Å²) in [5.41, 5.74) is 2.69. The van der Waals surface area contributed by atoms with Gasteiger partial charge in [-0.25, -0.2) is 0 Å². The van der Waals surface area contributed by atoms with E-state index in [4.69, 9.17) is 4.74 Å². The maximum absolute atomic E-state index is 6.17. The second-order valence-corrected chi connectivity index (χ2v) is 5.74. The summed E-state index contributed by atoms with van der Waals surface area (Å²) < 4.78 is 6.17. The number of hydrogen-bond donors (Lipinski definition) is 0. The summed E-state index contributed by atoms with van der Waals surface area (Å²) in [5.74, 6) is 1.10. The molecule has 1 aromatic rings. The summed E-state index contributed by atoms with van der Waals surface area (Å²) in [6, 6.07) is 6.42. The van der Waals surface area contributed by atoms with E-state index in [1.165, 1.54) is 11.1 Å². The lowest BCUT2D eigenvalue weighted by Gasteiger charge is -2.46. The lowest BCUT2D eigenvalue weighted by atomic mass is 9.70. The van der Waals surface area contributed by atoms with Crippen LogP contribution in [0.15, 0.2) is 18.2 Å². The lowest BCUT2D eigenvalue weighted by molar-refractivity contribution is -0.0276. The van der Waals surface area contributed by atoms with E-state index in [-0.39, 0.29) is 11.0 Å². The van der Waals surface area contributed by atoms with Crippen molar-refractivity contribution in [2.45, 2.75) is 46.6 Å². The Kier molecular flexibility index (Phi) is 2.11. The quantitative estimate of drug-likeness (QED) is 0.625. The SMILES string of the molecule is Cc1cccc2c1OC(C)(C)C(C)(C)C2. The highest BCUT2D eigenvalue weighted by molar-refractivity contribution is 5.43. The predicted molar refractivity (Wildman–Crippen MR) is 63.4 cm³/mol. The minimum absolute atomic E-state index is 0.0912. The van der Waals surface area contributed by atoms with Crippen molar-refractivity contribution in [1.29, 1.82) is 0 Å². The Morgan fingerprint density at radius 3 is 2.47 bits per heavy atom. The summed E-state index contributed by atoms with van der Waals surface area (Å²) in [5, 5.41) is 0. The van der Waals surface area contributed by atoms with Gasteiger partial charge >= 0.3 is 0 Å². The van der Waals surface area contributed by atoms with Crippen LogP contribution in [0.3, 0.4) is 0 Å². The molecule has 1 aliphatic heterocycles. The number of hydrogen-bond acceptors (Lipinski definition) is 1. The van der Waals surface area contributed by atoms with E-state index in [1.54, 1.807) is 0 Å². The number of benzene rings is 1. The summed E-state index contributed by atoms with van der Waals surface area (Å²) in [6.07, 6.45) is 1.09. The van der Waals surface area contributed by atoms with Gasteiger partial charge < -0.3 is 4.74 Å². The Bertz CT molecular complexity index is 388. The Morgan fingerprint density at radius 2 is 1.80 bits per heavy atom. The fraction of sp³-hybridized carbons (Fsp3) is 0.571. The Balaban J connectivity index is 2.52. The molecule has 1 heteroatoms. The van der Waals surface area contributed by atoms with Gasteiger partial charge in [-0.3, -0.25) is 0 Å². The van der Waals surface area contributed by atoms with E-state index in [1.807, 2.05) is 0 Å². The molecule has 0 atom stereocenters. The first-order valence-corrected chi connectivity index (χ1v) is 5.61. The zero-order chi connectivity index (χ0) is 11.3. The molecule has 0 N–H and O–H groups in total. The molecule has 1 nitrogen and oxygen atoms in total. The van der Waals surface area contributed by atoms with Crippen molar-refractivity contribution in [3.05, 3.63) is 29.3 Å². The van der Waals surface area contributed by atoms with Crippen LogP contribution in [0, 0.1) is 12.3 Å². The van der Waals surface area contributed by atoms with Gasteiger partial charge in [0.15, 0.2) is 0 Å². The standard InChI is InChI=1S/C14H20O/c1-10-7-6-8-11-9-13(2,3)14(4,5)15-12(10)11/h6-8H,9H2,1-5H3. The molecule has 15 heavy (non-hydrogen) atoms. The second-order valence-electron chi connectivity index (χ2n) is 5.74. The smallest absolute Gasteiger partial charge is 0.126 e. The molecular weight excluding hydrogens is 184 g/mol. The van der Waals surface area contributed by atoms with Crippen molar-refractivity contribution in [3.8, 4) is 5.75 Å². The molecule has 0 fully saturated rings. The zero-order valence-electron chi connectivity index (χ0n) is 10.3. The lowest BCUT2D eigenvalue weighted by Crippen LogP contribution is -2.48. The van der Waals surface area contributed by atoms with Crippen LogP contribution in [-0.4, -0.2) is 5.60 Å². The first-order chi connectivity index (χ1) is 6.83. The normalized spacial score (nSPS) is 21.7. The Labute approximate surface area is 92.5 Å². The van der Waals surface area contributed by atoms with Gasteiger partial charge in [-0.2, -0.15) is 0 Å². The van der Waals surface area contributed by atoms with E-state index in [0.717, 1.165) is 12.2 Å². The highest BCUT2D eigenvalue weighted by Gasteiger charge is 2.43. The topological polar surface area (TPSA) is 9.23 Å². The molecule has 2 rings (SSSR count). The fourth-order valence-electron chi connectivity index (χ4n) is 2.08. The first kappa shape index (κ1) is 10.5. The van der Waals surface area contributed by atoms with Crippen molar-refractivity contribution in [3.63, 3.8) is 0 Å². The van der Waals surface area contributed by atoms with Crippen LogP contribution in [0.25, 0.3) is 0 Å². The minimum atomic E-state index is -0.0912. The Morgan fingerprint density at radius 1 is 1.13 bits per heavy atom. The fourth-order valence-corrected chi connectivity index (χ4v) is 2.08. The van der Waals surface area contributed by atoms with Crippen molar-refractivity contribution in [1.82, 2.24) is 0 Å². The molecule has 1 heterocycles. The van der Waals surface area contributed by atoms with Crippen LogP contribution in [0.2, 0.25) is 0 Å². The van der Waals surface area contributed by atoms with E-state index in [0.29, 0.717) is 0 Å². The number of aryl methyl sites for hydroxylation is 1. The molecule has 82 valence electrons. The van der Waals surface area contributed by atoms with Crippen LogP contribution in [0.4, 0.5) is 0 Å². The maximum atomic E-state index is 6.17. The van der Waals surface area contributed by atoms with E-state index in [9.17, 15) is 0 Å². The van der Waals surface area contributed by atoms with Gasteiger partial charge in [0.2, 0.25) is 0 Å². The minimum Gasteiger partial charge on any atom is -0.487 e. The first-order valence-electron chi connectivity index (χ1n) is 5.61. The monoisotopic (exact) mass is 204 g/mol. The third kappa shape index (κ3) is 1.54. The summed E-state index contributed by atoms with van der Waals surface area (Å²) in [4.78, 5) is 0. The molecule has 0 spiro atoms. The number of fused-ring (bicyclic) bond motifs is 1. The summed E-state index contributed by atoms with van der Waals surface area (Å²) in [6.45, 7) is 11.0. The van der Waals surface area contributed by atoms with Crippen LogP contribution in [0.1, 0.15) is 38.8 Å². The largest absolute Gasteiger partial charge is 0.487 e. The molecule has 0 saturated heterocycles. The third-order valence-corrected chi connectivity index (χ3v) is 3.91. The average Bonchev–Trinajstić information content (AvgIpc) is 2.08. The van der Waals surface area contributed by atoms with E-state index in [2.05, 4.69) is 52.8 Å². The average molecular weight is 204 g/mol.